The van der Waals surface area contributed by atoms with E-state index in [9.17, 15) is 5.11 Å². The molecule has 0 amide bonds. The van der Waals surface area contributed by atoms with Crippen LogP contribution in [0.4, 0.5) is 0 Å². The number of benzene rings is 2. The summed E-state index contributed by atoms with van der Waals surface area (Å²) in [6.45, 7) is 5.79. The van der Waals surface area contributed by atoms with Crippen LogP contribution in [0.3, 0.4) is 0 Å². The number of hydrogen-bond donors (Lipinski definition) is 1. The molecule has 0 spiro atoms. The molecule has 0 aliphatic carbocycles. The lowest BCUT2D eigenvalue weighted by Gasteiger charge is -2.07. The van der Waals surface area contributed by atoms with Crippen molar-refractivity contribution in [3.63, 3.8) is 0 Å². The summed E-state index contributed by atoms with van der Waals surface area (Å²) in [7, 11) is 0. The van der Waals surface area contributed by atoms with Crippen molar-refractivity contribution in [2.45, 2.75) is 6.92 Å². The van der Waals surface area contributed by atoms with Gasteiger partial charge >= 0.3 is 0 Å². The Hall–Kier alpha value is -1.76. The van der Waals surface area contributed by atoms with Gasteiger partial charge in [-0.2, -0.15) is 0 Å². The van der Waals surface area contributed by atoms with E-state index in [1.54, 1.807) is 12.1 Å². The maximum atomic E-state index is 9.76. The maximum Gasteiger partial charge on any atom is 0.124 e. The van der Waals surface area contributed by atoms with Crippen LogP contribution in [0.1, 0.15) is 11.1 Å². The van der Waals surface area contributed by atoms with Gasteiger partial charge in [-0.05, 0) is 29.5 Å². The van der Waals surface area contributed by atoms with Crippen LogP contribution < -0.4 is 0 Å². The van der Waals surface area contributed by atoms with Crippen molar-refractivity contribution in [1.29, 1.82) is 0 Å². The van der Waals surface area contributed by atoms with Crippen LogP contribution in [0, 0.1) is 6.92 Å². The van der Waals surface area contributed by atoms with Crippen molar-refractivity contribution in [3.05, 3.63) is 48.0 Å². The molecule has 0 aliphatic rings. The van der Waals surface area contributed by atoms with Crippen molar-refractivity contribution in [3.8, 4) is 5.75 Å². The Morgan fingerprint density at radius 2 is 2.00 bits per heavy atom. The van der Waals surface area contributed by atoms with E-state index in [1.807, 2.05) is 31.2 Å². The van der Waals surface area contributed by atoms with Gasteiger partial charge in [0.2, 0.25) is 0 Å². The molecule has 0 unspecified atom stereocenters. The number of fused-ring (bicyclic) bond motifs is 1. The maximum absolute atomic E-state index is 9.76. The molecule has 14 heavy (non-hydrogen) atoms. The van der Waals surface area contributed by atoms with Gasteiger partial charge in [-0.25, -0.2) is 0 Å². The highest BCUT2D eigenvalue weighted by atomic mass is 16.3. The van der Waals surface area contributed by atoms with E-state index in [0.29, 0.717) is 5.75 Å². The first-order valence-electron chi connectivity index (χ1n) is 4.58. The average molecular weight is 184 g/mol. The molecule has 0 saturated carbocycles. The molecule has 2 aromatic carbocycles. The Labute approximate surface area is 83.3 Å². The summed E-state index contributed by atoms with van der Waals surface area (Å²) in [6.07, 6.45) is 1.79. The summed E-state index contributed by atoms with van der Waals surface area (Å²) in [6, 6.07) is 9.59. The average Bonchev–Trinajstić information content (AvgIpc) is 2.19. The Bertz CT molecular complexity index is 498. The normalized spacial score (nSPS) is 10.4. The quantitative estimate of drug-likeness (QED) is 0.719. The minimum atomic E-state index is 0.320. The van der Waals surface area contributed by atoms with Gasteiger partial charge in [-0.3, -0.25) is 0 Å². The largest absolute Gasteiger partial charge is 0.507 e. The molecule has 0 aliphatic heterocycles. The summed E-state index contributed by atoms with van der Waals surface area (Å²) in [4.78, 5) is 0. The number of phenols is 1. The summed E-state index contributed by atoms with van der Waals surface area (Å²) >= 11 is 0. The van der Waals surface area contributed by atoms with Gasteiger partial charge in [0.25, 0.3) is 0 Å². The third-order valence-corrected chi connectivity index (χ3v) is 2.49. The molecule has 0 fully saturated rings. The molecule has 2 rings (SSSR count). The van der Waals surface area contributed by atoms with Gasteiger partial charge in [0, 0.05) is 5.39 Å². The topological polar surface area (TPSA) is 20.2 Å². The van der Waals surface area contributed by atoms with E-state index < -0.39 is 0 Å². The van der Waals surface area contributed by atoms with Gasteiger partial charge in [-0.1, -0.05) is 36.9 Å². The Morgan fingerprint density at radius 1 is 1.21 bits per heavy atom. The Morgan fingerprint density at radius 3 is 2.71 bits per heavy atom. The molecule has 0 saturated heterocycles. The second kappa shape index (κ2) is 3.18. The molecule has 0 aromatic heterocycles. The number of hydrogen-bond acceptors (Lipinski definition) is 1. The predicted octanol–water partition coefficient (Wildman–Crippen LogP) is 3.50. The zero-order valence-corrected chi connectivity index (χ0v) is 8.12. The van der Waals surface area contributed by atoms with Crippen molar-refractivity contribution in [2.24, 2.45) is 0 Å². The third-order valence-electron chi connectivity index (χ3n) is 2.49. The first-order valence-corrected chi connectivity index (χ1v) is 4.58. The van der Waals surface area contributed by atoms with Crippen LogP contribution in [-0.2, 0) is 0 Å². The second-order valence-electron chi connectivity index (χ2n) is 3.38. The number of aryl methyl sites for hydroxylation is 1. The standard InChI is InChI=1S/C13H12O/c1-3-11-9(2)7-8-10-5-4-6-12(14)13(10)11/h3-8,14H,1H2,2H3. The fraction of sp³-hybridized carbons (Fsp3) is 0.0769. The van der Waals surface area contributed by atoms with Crippen LogP contribution in [-0.4, -0.2) is 5.11 Å². The van der Waals surface area contributed by atoms with Gasteiger partial charge in [0.15, 0.2) is 0 Å². The SMILES string of the molecule is C=Cc1c(C)ccc2cccc(O)c12. The summed E-state index contributed by atoms with van der Waals surface area (Å²) in [5, 5.41) is 11.7. The summed E-state index contributed by atoms with van der Waals surface area (Å²) in [5.41, 5.74) is 2.15. The molecule has 0 heterocycles. The van der Waals surface area contributed by atoms with Gasteiger partial charge in [0.1, 0.15) is 5.75 Å². The van der Waals surface area contributed by atoms with Crippen LogP contribution >= 0.6 is 0 Å². The lowest BCUT2D eigenvalue weighted by Crippen LogP contribution is -1.84. The Balaban J connectivity index is 2.98. The minimum Gasteiger partial charge on any atom is -0.507 e. The predicted molar refractivity (Wildman–Crippen MR) is 60.4 cm³/mol. The Kier molecular flexibility index (Phi) is 2.01. The zero-order chi connectivity index (χ0) is 10.1. The van der Waals surface area contributed by atoms with Gasteiger partial charge in [-0.15, -0.1) is 0 Å². The van der Waals surface area contributed by atoms with Crippen molar-refractivity contribution in [1.82, 2.24) is 0 Å². The molecule has 1 heteroatoms. The molecule has 1 N–H and O–H groups in total. The van der Waals surface area contributed by atoms with Crippen molar-refractivity contribution >= 4 is 16.8 Å². The van der Waals surface area contributed by atoms with Gasteiger partial charge in [0.05, 0.1) is 0 Å². The van der Waals surface area contributed by atoms with Crippen LogP contribution in [0.5, 0.6) is 5.75 Å². The monoisotopic (exact) mass is 184 g/mol. The first kappa shape index (κ1) is 8.82. The number of phenolic OH excluding ortho intramolecular Hbond substituents is 1. The molecule has 0 bridgehead atoms. The molecular weight excluding hydrogens is 172 g/mol. The van der Waals surface area contributed by atoms with Crippen molar-refractivity contribution in [2.75, 3.05) is 0 Å². The molecule has 2 aromatic rings. The lowest BCUT2D eigenvalue weighted by atomic mass is 9.99. The van der Waals surface area contributed by atoms with Crippen LogP contribution in [0.2, 0.25) is 0 Å². The van der Waals surface area contributed by atoms with Crippen molar-refractivity contribution < 1.29 is 5.11 Å². The lowest BCUT2D eigenvalue weighted by molar-refractivity contribution is 0.481. The fourth-order valence-corrected chi connectivity index (χ4v) is 1.75. The highest BCUT2D eigenvalue weighted by Gasteiger charge is 2.04. The second-order valence-corrected chi connectivity index (χ2v) is 3.38. The minimum absolute atomic E-state index is 0.320. The van der Waals surface area contributed by atoms with E-state index >= 15 is 0 Å². The van der Waals surface area contributed by atoms with E-state index in [2.05, 4.69) is 6.58 Å². The molecule has 70 valence electrons. The van der Waals surface area contributed by atoms with E-state index in [-0.39, 0.29) is 0 Å². The summed E-state index contributed by atoms with van der Waals surface area (Å²) in [5.74, 6) is 0.320. The van der Waals surface area contributed by atoms with Crippen LogP contribution in [0.15, 0.2) is 36.9 Å². The summed E-state index contributed by atoms with van der Waals surface area (Å²) < 4.78 is 0. The molecule has 1 nitrogen and oxygen atoms in total. The number of rotatable bonds is 1. The highest BCUT2D eigenvalue weighted by Crippen LogP contribution is 2.30. The first-order chi connectivity index (χ1) is 6.74. The number of aromatic hydroxyl groups is 1. The highest BCUT2D eigenvalue weighted by molar-refractivity contribution is 5.96. The van der Waals surface area contributed by atoms with Gasteiger partial charge < -0.3 is 5.11 Å². The van der Waals surface area contributed by atoms with E-state index in [4.69, 9.17) is 0 Å². The smallest absolute Gasteiger partial charge is 0.124 e. The molecular formula is C13H12O. The third kappa shape index (κ3) is 1.18. The fourth-order valence-electron chi connectivity index (χ4n) is 1.75. The van der Waals surface area contributed by atoms with E-state index in [0.717, 1.165) is 21.9 Å². The molecule has 0 atom stereocenters. The molecule has 0 radical (unpaired) electrons. The van der Waals surface area contributed by atoms with E-state index in [1.165, 1.54) is 0 Å². The zero-order valence-electron chi connectivity index (χ0n) is 8.12. The van der Waals surface area contributed by atoms with Crippen LogP contribution in [0.25, 0.3) is 16.8 Å².